The van der Waals surface area contributed by atoms with Crippen LogP contribution in [0.4, 0.5) is 13.2 Å². The quantitative estimate of drug-likeness (QED) is 0.114. The zero-order chi connectivity index (χ0) is 30.6. The lowest BCUT2D eigenvalue weighted by atomic mass is 10.1. The van der Waals surface area contributed by atoms with Gasteiger partial charge in [0.1, 0.15) is 16.7 Å². The van der Waals surface area contributed by atoms with Crippen LogP contribution < -0.4 is 27.4 Å². The minimum atomic E-state index is -4.49. The van der Waals surface area contributed by atoms with Crippen molar-refractivity contribution < 1.29 is 27.6 Å². The minimum Gasteiger partial charge on any atom is -0.370 e. The first-order valence-corrected chi connectivity index (χ1v) is 14.8. The summed E-state index contributed by atoms with van der Waals surface area (Å²) in [6.45, 7) is 0.692. The average molecular weight is 625 g/mol. The molecule has 3 amide bonds. The van der Waals surface area contributed by atoms with Gasteiger partial charge in [-0.2, -0.15) is 13.2 Å². The van der Waals surface area contributed by atoms with Gasteiger partial charge in [-0.3, -0.25) is 19.8 Å². The zero-order valence-electron chi connectivity index (χ0n) is 22.6. The van der Waals surface area contributed by atoms with Crippen molar-refractivity contribution in [1.82, 2.24) is 25.8 Å². The summed E-state index contributed by atoms with van der Waals surface area (Å²) in [5, 5.41) is 17.5. The molecule has 1 aliphatic rings. The Morgan fingerprint density at radius 1 is 1.24 bits per heavy atom. The summed E-state index contributed by atoms with van der Waals surface area (Å²) in [5.41, 5.74) is 10.8. The highest BCUT2D eigenvalue weighted by Gasteiger charge is 2.38. The lowest BCUT2D eigenvalue weighted by molar-refractivity contribution is -0.137. The number of halogens is 3. The molecule has 11 nitrogen and oxygen atoms in total. The van der Waals surface area contributed by atoms with Crippen LogP contribution in [0, 0.1) is 5.41 Å². The van der Waals surface area contributed by atoms with Gasteiger partial charge < -0.3 is 32.3 Å². The third kappa shape index (κ3) is 7.35. The largest absolute Gasteiger partial charge is 0.416 e. The number of thiazole rings is 1. The molecule has 1 fully saturated rings. The summed E-state index contributed by atoms with van der Waals surface area (Å²) in [7, 11) is 1.47. The van der Waals surface area contributed by atoms with Gasteiger partial charge in [-0.1, -0.05) is 0 Å². The molecule has 3 aromatic rings. The summed E-state index contributed by atoms with van der Waals surface area (Å²) in [5.74, 6) is -1.42. The molecule has 3 heterocycles. The normalized spacial score (nSPS) is 17.7. The smallest absolute Gasteiger partial charge is 0.370 e. The number of nitrogens with one attached hydrogen (secondary N) is 4. The van der Waals surface area contributed by atoms with E-state index in [-0.39, 0.29) is 40.9 Å². The molecule has 226 valence electrons. The molecule has 0 aliphatic carbocycles. The van der Waals surface area contributed by atoms with E-state index in [1.165, 1.54) is 30.5 Å². The molecular formula is C26H31F3N8O3S2. The van der Waals surface area contributed by atoms with Crippen LogP contribution >= 0.6 is 22.7 Å². The Morgan fingerprint density at radius 3 is 2.69 bits per heavy atom. The number of fused-ring (bicyclic) bond motifs is 1. The van der Waals surface area contributed by atoms with Gasteiger partial charge in [0, 0.05) is 36.3 Å². The van der Waals surface area contributed by atoms with Crippen LogP contribution in [0.15, 0.2) is 29.6 Å². The van der Waals surface area contributed by atoms with Crippen molar-refractivity contribution >= 4 is 56.4 Å². The number of alkyl halides is 3. The van der Waals surface area contributed by atoms with Crippen molar-refractivity contribution in [2.45, 2.75) is 50.0 Å². The SMILES string of the molecule is CNC(=O)[C@H](CCCCNC(=N)N)NC(=O)c1csc([C@@H]2C[C@@H](N)CN2C(=O)c2cc3cc(C(F)(F)F)ccc3s2)n1. The number of likely N-dealkylation sites (N-methyl/N-ethyl adjacent to an activating group) is 1. The number of carbonyl (C=O) groups excluding carboxylic acids is 3. The summed E-state index contributed by atoms with van der Waals surface area (Å²) >= 11 is 2.29. The van der Waals surface area contributed by atoms with E-state index in [1.807, 2.05) is 0 Å². The molecule has 16 heteroatoms. The fourth-order valence-corrected chi connectivity index (χ4v) is 6.63. The van der Waals surface area contributed by atoms with E-state index in [0.717, 1.165) is 23.5 Å². The monoisotopic (exact) mass is 624 g/mol. The number of thiophene rings is 1. The second-order valence-corrected chi connectivity index (χ2v) is 11.9. The maximum absolute atomic E-state index is 13.5. The molecule has 0 saturated carbocycles. The maximum atomic E-state index is 13.5. The highest BCUT2D eigenvalue weighted by molar-refractivity contribution is 7.20. The first kappa shape index (κ1) is 31.2. The minimum absolute atomic E-state index is 0.0940. The third-order valence-corrected chi connectivity index (χ3v) is 8.84. The maximum Gasteiger partial charge on any atom is 0.416 e. The predicted octanol–water partition coefficient (Wildman–Crippen LogP) is 2.79. The number of hydrogen-bond donors (Lipinski definition) is 6. The van der Waals surface area contributed by atoms with E-state index < -0.39 is 29.7 Å². The zero-order valence-corrected chi connectivity index (χ0v) is 24.2. The number of nitrogens with two attached hydrogens (primary N) is 2. The number of guanidine groups is 1. The molecule has 1 aromatic carbocycles. The molecule has 42 heavy (non-hydrogen) atoms. The fraction of sp³-hybridized carbons (Fsp3) is 0.423. The average Bonchev–Trinajstić information content (AvgIpc) is 3.68. The second-order valence-electron chi connectivity index (χ2n) is 9.88. The Balaban J connectivity index is 1.46. The van der Waals surface area contributed by atoms with Crippen molar-refractivity contribution in [3.8, 4) is 0 Å². The van der Waals surface area contributed by atoms with Crippen molar-refractivity contribution in [1.29, 1.82) is 5.41 Å². The number of benzene rings is 1. The van der Waals surface area contributed by atoms with E-state index in [4.69, 9.17) is 16.9 Å². The standard InChI is InChI=1S/C26H31F3N8O3S2/c1-33-21(38)16(4-2-3-7-34-25(31)32)35-22(39)17-12-41-23(36-17)18-10-15(30)11-37(18)24(40)20-9-13-8-14(26(27,28)29)5-6-19(13)42-20/h5-6,8-9,12,15-16,18H,2-4,7,10-11,30H2,1H3,(H,33,38)(H,35,39)(H4,31,32,34)/t15-,16+,18+/m1/s1. The van der Waals surface area contributed by atoms with Gasteiger partial charge in [0.2, 0.25) is 5.91 Å². The van der Waals surface area contributed by atoms with Gasteiger partial charge in [-0.25, -0.2) is 4.98 Å². The topological polar surface area (TPSA) is 179 Å². The number of unbranched alkanes of at least 4 members (excludes halogenated alkanes) is 1. The molecule has 0 spiro atoms. The van der Waals surface area contributed by atoms with Crippen molar-refractivity contribution in [3.05, 3.63) is 50.8 Å². The number of carbonyl (C=O) groups is 3. The molecule has 3 atom stereocenters. The molecule has 0 unspecified atom stereocenters. The summed E-state index contributed by atoms with van der Waals surface area (Å²) in [6, 6.07) is 3.16. The van der Waals surface area contributed by atoms with Crippen LogP contribution in [0.5, 0.6) is 0 Å². The number of likely N-dealkylation sites (tertiary alicyclic amines) is 1. The van der Waals surface area contributed by atoms with Crippen molar-refractivity contribution in [3.63, 3.8) is 0 Å². The van der Waals surface area contributed by atoms with Gasteiger partial charge in [0.15, 0.2) is 5.96 Å². The highest BCUT2D eigenvalue weighted by Crippen LogP contribution is 2.38. The Bertz CT molecular complexity index is 1470. The molecular weight excluding hydrogens is 593 g/mol. The van der Waals surface area contributed by atoms with Gasteiger partial charge >= 0.3 is 6.18 Å². The van der Waals surface area contributed by atoms with Gasteiger partial charge in [-0.15, -0.1) is 22.7 Å². The number of amides is 3. The van der Waals surface area contributed by atoms with E-state index >= 15 is 0 Å². The van der Waals surface area contributed by atoms with E-state index in [2.05, 4.69) is 20.9 Å². The molecule has 1 saturated heterocycles. The number of hydrogen-bond acceptors (Lipinski definition) is 8. The molecule has 8 N–H and O–H groups in total. The van der Waals surface area contributed by atoms with E-state index in [9.17, 15) is 27.6 Å². The van der Waals surface area contributed by atoms with Crippen LogP contribution in [0.3, 0.4) is 0 Å². The van der Waals surface area contributed by atoms with E-state index in [0.29, 0.717) is 47.3 Å². The van der Waals surface area contributed by atoms with Crippen molar-refractivity contribution in [2.75, 3.05) is 20.1 Å². The van der Waals surface area contributed by atoms with Crippen LogP contribution in [0.2, 0.25) is 0 Å². The van der Waals surface area contributed by atoms with Gasteiger partial charge in [0.05, 0.1) is 16.5 Å². The lowest BCUT2D eigenvalue weighted by Crippen LogP contribution is -2.45. The summed E-state index contributed by atoms with van der Waals surface area (Å²) < 4.78 is 40.0. The van der Waals surface area contributed by atoms with Gasteiger partial charge in [0.25, 0.3) is 11.8 Å². The lowest BCUT2D eigenvalue weighted by Gasteiger charge is -2.22. The van der Waals surface area contributed by atoms with Crippen LogP contribution in [0.25, 0.3) is 10.1 Å². The first-order valence-electron chi connectivity index (χ1n) is 13.1. The number of aromatic nitrogens is 1. The van der Waals surface area contributed by atoms with Crippen LogP contribution in [-0.2, 0) is 11.0 Å². The first-order chi connectivity index (χ1) is 19.9. The molecule has 2 aromatic heterocycles. The Morgan fingerprint density at radius 2 is 2.00 bits per heavy atom. The van der Waals surface area contributed by atoms with Crippen LogP contribution in [-0.4, -0.2) is 65.8 Å². The van der Waals surface area contributed by atoms with Crippen molar-refractivity contribution in [2.24, 2.45) is 11.5 Å². The number of rotatable bonds is 10. The predicted molar refractivity (Wildman–Crippen MR) is 154 cm³/mol. The Kier molecular flexibility index (Phi) is 9.68. The molecule has 1 aliphatic heterocycles. The molecule has 4 rings (SSSR count). The highest BCUT2D eigenvalue weighted by atomic mass is 32.1. The second kappa shape index (κ2) is 13.0. The molecule has 0 bridgehead atoms. The third-order valence-electron chi connectivity index (χ3n) is 6.79. The summed E-state index contributed by atoms with van der Waals surface area (Å²) in [4.78, 5) is 45.1. The molecule has 0 radical (unpaired) electrons. The fourth-order valence-electron chi connectivity index (χ4n) is 4.71. The van der Waals surface area contributed by atoms with Crippen LogP contribution in [0.1, 0.15) is 62.5 Å². The van der Waals surface area contributed by atoms with E-state index in [1.54, 1.807) is 10.3 Å². The van der Waals surface area contributed by atoms with Gasteiger partial charge in [-0.05, 0) is 55.3 Å². The summed E-state index contributed by atoms with van der Waals surface area (Å²) in [6.07, 6.45) is -2.50. The number of nitrogens with zero attached hydrogens (tertiary/aromatic N) is 2. The Labute approximate surface area is 247 Å². The Hall–Kier alpha value is -3.76.